The maximum absolute atomic E-state index is 11.7. The third-order valence-electron chi connectivity index (χ3n) is 9.26. The molecule has 13 heteroatoms. The predicted octanol–water partition coefficient (Wildman–Crippen LogP) is 9.57. The van der Waals surface area contributed by atoms with Gasteiger partial charge in [-0.3, -0.25) is 38.4 Å². The van der Waals surface area contributed by atoms with E-state index in [1.54, 1.807) is 0 Å². The van der Waals surface area contributed by atoms with Crippen LogP contribution in [-0.4, -0.2) is 119 Å². The van der Waals surface area contributed by atoms with Crippen LogP contribution >= 0.6 is 0 Å². The molecule has 0 bridgehead atoms. The second-order valence-corrected chi connectivity index (χ2v) is 15.9. The minimum Gasteiger partial charge on any atom is -0.342 e. The van der Waals surface area contributed by atoms with E-state index in [0.717, 1.165) is 155 Å². The van der Waals surface area contributed by atoms with Crippen molar-refractivity contribution in [1.29, 1.82) is 0 Å². The molecule has 0 aliphatic rings. The van der Waals surface area contributed by atoms with Crippen molar-refractivity contribution >= 4 is 46.8 Å². The molecule has 0 aromatic carbocycles. The van der Waals surface area contributed by atoms with Crippen molar-refractivity contribution in [2.45, 2.75) is 212 Å². The minimum absolute atomic E-state index is 0. The third-order valence-corrected chi connectivity index (χ3v) is 9.26. The van der Waals surface area contributed by atoms with Gasteiger partial charge in [-0.15, -0.1) is 0 Å². The van der Waals surface area contributed by atoms with Gasteiger partial charge in [0, 0.05) is 52.4 Å². The van der Waals surface area contributed by atoms with Gasteiger partial charge in [-0.05, 0) is 79.1 Å². The molecular formula is C48H92N4O8Zr+4. The zero-order valence-electron chi connectivity index (χ0n) is 41.4. The van der Waals surface area contributed by atoms with Crippen LogP contribution in [0, 0.1) is 0 Å². The van der Waals surface area contributed by atoms with Gasteiger partial charge in [-0.2, -0.15) is 0 Å². The summed E-state index contributed by atoms with van der Waals surface area (Å²) in [6.45, 7) is 29.1. The van der Waals surface area contributed by atoms with Crippen LogP contribution in [0.1, 0.15) is 212 Å². The van der Waals surface area contributed by atoms with Crippen LogP contribution in [0.2, 0.25) is 0 Å². The minimum atomic E-state index is -0.0435. The normalized spacial score (nSPS) is 9.90. The Morgan fingerprint density at radius 1 is 0.262 bits per heavy atom. The number of nitrogens with zero attached hydrogens (tertiary/aromatic N) is 4. The van der Waals surface area contributed by atoms with Gasteiger partial charge in [0.15, 0.2) is 0 Å². The van der Waals surface area contributed by atoms with Crippen molar-refractivity contribution in [1.82, 2.24) is 19.6 Å². The van der Waals surface area contributed by atoms with E-state index in [1.165, 1.54) is 27.7 Å². The number of rotatable bonds is 32. The van der Waals surface area contributed by atoms with Crippen molar-refractivity contribution in [2.75, 3.05) is 52.4 Å². The molecule has 0 heterocycles. The van der Waals surface area contributed by atoms with Crippen LogP contribution in [0.4, 0.5) is 0 Å². The zero-order chi connectivity index (χ0) is 46.7. The van der Waals surface area contributed by atoms with Gasteiger partial charge < -0.3 is 19.6 Å². The first kappa shape index (κ1) is 67.5. The molecule has 352 valence electrons. The van der Waals surface area contributed by atoms with E-state index >= 15 is 0 Å². The molecule has 0 rings (SSSR count). The van der Waals surface area contributed by atoms with E-state index in [1.807, 2.05) is 19.6 Å². The first-order valence-corrected chi connectivity index (χ1v) is 23.5. The van der Waals surface area contributed by atoms with Crippen LogP contribution < -0.4 is 0 Å². The van der Waals surface area contributed by atoms with E-state index < -0.39 is 0 Å². The summed E-state index contributed by atoms with van der Waals surface area (Å²) in [5, 5.41) is 0. The average molecular weight is 945 g/mol. The molecule has 0 aromatic rings. The Kier molecular flexibility index (Phi) is 53.7. The standard InChI is InChI=1S/4C12H23NO2.Zr/c4*1-4-6-8-13(9-7-5-2)12(15)10-11(3)14;/h4*4-10H2,1-3H3;/q;;;;+4. The second kappa shape index (κ2) is 48.5. The van der Waals surface area contributed by atoms with Gasteiger partial charge in [0.1, 0.15) is 23.1 Å². The van der Waals surface area contributed by atoms with Crippen LogP contribution in [0.25, 0.3) is 0 Å². The van der Waals surface area contributed by atoms with Crippen LogP contribution in [-0.2, 0) is 64.6 Å². The number of carbonyl (C=O) groups is 8. The molecule has 4 amide bonds. The van der Waals surface area contributed by atoms with Gasteiger partial charge in [0.2, 0.25) is 23.6 Å². The summed E-state index contributed by atoms with van der Waals surface area (Å²) in [5.41, 5.74) is 0. The Balaban J connectivity index is -0.000000227. The summed E-state index contributed by atoms with van der Waals surface area (Å²) >= 11 is 0. The maximum atomic E-state index is 11.7. The van der Waals surface area contributed by atoms with E-state index in [9.17, 15) is 38.4 Å². The molecule has 0 aliphatic carbocycles. The third kappa shape index (κ3) is 46.8. The molecular weight excluding hydrogens is 852 g/mol. The number of ketones is 4. The molecule has 0 radical (unpaired) electrons. The SMILES string of the molecule is CCCCN(CCCC)C(=O)CC(C)=O.CCCCN(CCCC)C(=O)CC(C)=O.CCCCN(CCCC)C(=O)CC(C)=O.CCCCN(CCCC)C(=O)CC(C)=O.[Zr+4]. The number of hydrogen-bond donors (Lipinski definition) is 0. The molecule has 0 N–H and O–H groups in total. The van der Waals surface area contributed by atoms with Gasteiger partial charge in [0.05, 0.1) is 25.7 Å². The molecule has 0 saturated carbocycles. The largest absolute Gasteiger partial charge is 4.00 e. The average Bonchev–Trinajstić information content (AvgIpc) is 3.17. The quantitative estimate of drug-likeness (QED) is 0.0606. The van der Waals surface area contributed by atoms with Crippen molar-refractivity contribution in [3.63, 3.8) is 0 Å². The first-order valence-electron chi connectivity index (χ1n) is 23.5. The van der Waals surface area contributed by atoms with E-state index in [2.05, 4.69) is 55.4 Å². The Morgan fingerprint density at radius 2 is 0.377 bits per heavy atom. The van der Waals surface area contributed by atoms with E-state index in [4.69, 9.17) is 0 Å². The first-order chi connectivity index (χ1) is 28.5. The molecule has 0 unspecified atom stereocenters. The van der Waals surface area contributed by atoms with Crippen LogP contribution in [0.3, 0.4) is 0 Å². The van der Waals surface area contributed by atoms with Crippen molar-refractivity contribution in [2.24, 2.45) is 0 Å². The Labute approximate surface area is 392 Å². The van der Waals surface area contributed by atoms with Crippen LogP contribution in [0.5, 0.6) is 0 Å². The smallest absolute Gasteiger partial charge is 0.342 e. The Morgan fingerprint density at radius 3 is 0.459 bits per heavy atom. The van der Waals surface area contributed by atoms with E-state index in [-0.39, 0.29) is 98.6 Å². The van der Waals surface area contributed by atoms with Crippen molar-refractivity contribution in [3.8, 4) is 0 Å². The fraction of sp³-hybridized carbons (Fsp3) is 0.833. The van der Waals surface area contributed by atoms with Crippen molar-refractivity contribution < 1.29 is 64.6 Å². The van der Waals surface area contributed by atoms with Gasteiger partial charge in [-0.25, -0.2) is 0 Å². The number of hydrogen-bond acceptors (Lipinski definition) is 8. The molecule has 0 fully saturated rings. The fourth-order valence-corrected chi connectivity index (χ4v) is 5.54. The Bertz CT molecular complexity index is 959. The summed E-state index contributed by atoms with van der Waals surface area (Å²) < 4.78 is 0. The van der Waals surface area contributed by atoms with Gasteiger partial charge >= 0.3 is 26.2 Å². The molecule has 61 heavy (non-hydrogen) atoms. The molecule has 0 saturated heterocycles. The Hall–Kier alpha value is -2.56. The molecule has 0 atom stereocenters. The summed E-state index contributed by atoms with van der Waals surface area (Å²) in [4.78, 5) is 97.4. The van der Waals surface area contributed by atoms with Gasteiger partial charge in [0.25, 0.3) is 0 Å². The topological polar surface area (TPSA) is 150 Å². The molecule has 0 aromatic heterocycles. The summed E-state index contributed by atoms with van der Waals surface area (Å²) in [7, 11) is 0. The summed E-state index contributed by atoms with van der Waals surface area (Å²) in [6, 6.07) is 0. The number of Topliss-reactive ketones (excluding diaryl/α,β-unsaturated/α-hetero) is 4. The zero-order valence-corrected chi connectivity index (χ0v) is 43.8. The van der Waals surface area contributed by atoms with E-state index in [0.29, 0.717) is 0 Å². The molecule has 12 nitrogen and oxygen atoms in total. The van der Waals surface area contributed by atoms with Gasteiger partial charge in [-0.1, -0.05) is 107 Å². The summed E-state index contributed by atoms with van der Waals surface area (Å²) in [6.07, 6.45) is 17.1. The number of amides is 4. The molecule has 0 aliphatic heterocycles. The summed E-state index contributed by atoms with van der Waals surface area (Å²) in [5.74, 6) is -0.213. The fourth-order valence-electron chi connectivity index (χ4n) is 5.54. The second-order valence-electron chi connectivity index (χ2n) is 15.9. The van der Waals surface area contributed by atoms with Crippen molar-refractivity contribution in [3.05, 3.63) is 0 Å². The monoisotopic (exact) mass is 943 g/mol. The maximum Gasteiger partial charge on any atom is 4.00 e. The predicted molar refractivity (Wildman–Crippen MR) is 247 cm³/mol. The van der Waals surface area contributed by atoms with Crippen LogP contribution in [0.15, 0.2) is 0 Å². The molecule has 0 spiro atoms. The number of unbranched alkanes of at least 4 members (excludes halogenated alkanes) is 8. The number of carbonyl (C=O) groups excluding carboxylic acids is 8.